The van der Waals surface area contributed by atoms with Crippen LogP contribution in [0.4, 0.5) is 5.69 Å². The Labute approximate surface area is 165 Å². The number of fused-ring (bicyclic) bond motifs is 1. The van der Waals surface area contributed by atoms with Crippen LogP contribution in [0.2, 0.25) is 5.02 Å². The maximum absolute atomic E-state index is 13.0. The van der Waals surface area contributed by atoms with Crippen molar-refractivity contribution < 1.29 is 14.2 Å². The Morgan fingerprint density at radius 2 is 1.64 bits per heavy atom. The number of anilines is 1. The first-order chi connectivity index (χ1) is 13.5. The van der Waals surface area contributed by atoms with Crippen molar-refractivity contribution in [3.05, 3.63) is 88.4 Å². The van der Waals surface area contributed by atoms with Gasteiger partial charge in [-0.2, -0.15) is 0 Å². The molecule has 0 spiro atoms. The third-order valence-electron chi connectivity index (χ3n) is 4.41. The van der Waals surface area contributed by atoms with Crippen LogP contribution in [-0.2, 0) is 0 Å². The van der Waals surface area contributed by atoms with Crippen LogP contribution in [0.15, 0.2) is 71.4 Å². The van der Waals surface area contributed by atoms with Gasteiger partial charge in [-0.25, -0.2) is 4.63 Å². The Balaban J connectivity index is 1.73. The largest absolute Gasteiger partial charge is 0.311 e. The summed E-state index contributed by atoms with van der Waals surface area (Å²) in [7, 11) is 1.61. The van der Waals surface area contributed by atoms with Crippen LogP contribution in [0.5, 0.6) is 0 Å². The van der Waals surface area contributed by atoms with Gasteiger partial charge in [-0.05, 0) is 46.7 Å². The predicted molar refractivity (Wildman–Crippen MR) is 106 cm³/mol. The molecule has 0 unspecified atom stereocenters. The second-order valence-electron chi connectivity index (χ2n) is 6.19. The molecule has 0 bridgehead atoms. The maximum Gasteiger partial charge on any atom is 0.258 e. The van der Waals surface area contributed by atoms with Crippen molar-refractivity contribution in [1.82, 2.24) is 10.3 Å². The minimum absolute atomic E-state index is 0.214. The van der Waals surface area contributed by atoms with Gasteiger partial charge in [0.2, 0.25) is 0 Å². The number of carbonyl (C=O) groups is 2. The first-order valence-electron chi connectivity index (χ1n) is 8.44. The molecular formula is C21H14ClN3O3. The van der Waals surface area contributed by atoms with Gasteiger partial charge in [0.1, 0.15) is 11.0 Å². The summed E-state index contributed by atoms with van der Waals surface area (Å²) in [6.07, 6.45) is 0. The van der Waals surface area contributed by atoms with Gasteiger partial charge in [-0.1, -0.05) is 41.9 Å². The van der Waals surface area contributed by atoms with E-state index < -0.39 is 0 Å². The molecule has 3 aromatic carbocycles. The highest BCUT2D eigenvalue weighted by Gasteiger charge is 2.22. The van der Waals surface area contributed by atoms with Crippen LogP contribution in [0, 0.1) is 0 Å². The summed E-state index contributed by atoms with van der Waals surface area (Å²) in [4.78, 5) is 27.4. The van der Waals surface area contributed by atoms with Gasteiger partial charge in [0, 0.05) is 28.8 Å². The molecule has 0 fully saturated rings. The number of aromatic nitrogens is 2. The summed E-state index contributed by atoms with van der Waals surface area (Å²) >= 11 is 6.12. The maximum atomic E-state index is 13.0. The van der Waals surface area contributed by atoms with E-state index in [1.807, 2.05) is 6.07 Å². The summed E-state index contributed by atoms with van der Waals surface area (Å²) in [5.41, 5.74) is 2.77. The van der Waals surface area contributed by atoms with Gasteiger partial charge in [-0.3, -0.25) is 9.59 Å². The van der Waals surface area contributed by atoms with Gasteiger partial charge >= 0.3 is 0 Å². The number of amides is 1. The molecule has 0 atom stereocenters. The summed E-state index contributed by atoms with van der Waals surface area (Å²) in [5, 5.41) is 7.91. The Morgan fingerprint density at radius 1 is 0.893 bits per heavy atom. The van der Waals surface area contributed by atoms with Crippen molar-refractivity contribution in [2.45, 2.75) is 0 Å². The highest BCUT2D eigenvalue weighted by atomic mass is 35.5. The standard InChI is InChI=1S/C21H14ClN3O3/c1-25(21(27)14-7-9-17-18(11-14)24-28-23-17)19-10-8-15(22)12-16(19)20(26)13-5-3-2-4-6-13/h2-12H,1H3. The highest BCUT2D eigenvalue weighted by molar-refractivity contribution is 6.31. The molecule has 6 nitrogen and oxygen atoms in total. The van der Waals surface area contributed by atoms with Crippen molar-refractivity contribution in [2.24, 2.45) is 0 Å². The molecule has 1 aromatic heterocycles. The molecule has 28 heavy (non-hydrogen) atoms. The quantitative estimate of drug-likeness (QED) is 0.482. The molecule has 0 aliphatic rings. The van der Waals surface area contributed by atoms with Crippen molar-refractivity contribution in [3.8, 4) is 0 Å². The molecule has 0 saturated heterocycles. The molecule has 4 rings (SSSR count). The molecule has 7 heteroatoms. The molecule has 4 aromatic rings. The third kappa shape index (κ3) is 3.25. The lowest BCUT2D eigenvalue weighted by Gasteiger charge is -2.20. The van der Waals surface area contributed by atoms with Gasteiger partial charge in [0.25, 0.3) is 5.91 Å². The number of benzene rings is 3. The average molecular weight is 392 g/mol. The van der Waals surface area contributed by atoms with E-state index in [1.165, 1.54) is 4.90 Å². The smallest absolute Gasteiger partial charge is 0.258 e. The molecule has 138 valence electrons. The van der Waals surface area contributed by atoms with E-state index in [0.717, 1.165) is 0 Å². The molecule has 1 amide bonds. The zero-order chi connectivity index (χ0) is 19.7. The van der Waals surface area contributed by atoms with Gasteiger partial charge in [-0.15, -0.1) is 0 Å². The van der Waals surface area contributed by atoms with E-state index in [1.54, 1.807) is 67.7 Å². The normalized spacial score (nSPS) is 10.8. The minimum Gasteiger partial charge on any atom is -0.311 e. The monoisotopic (exact) mass is 391 g/mol. The topological polar surface area (TPSA) is 76.3 Å². The van der Waals surface area contributed by atoms with Crippen LogP contribution in [0.1, 0.15) is 26.3 Å². The van der Waals surface area contributed by atoms with Gasteiger partial charge in [0.15, 0.2) is 5.78 Å². The molecule has 0 saturated carbocycles. The molecule has 0 N–H and O–H groups in total. The van der Waals surface area contributed by atoms with E-state index in [-0.39, 0.29) is 11.7 Å². The van der Waals surface area contributed by atoms with Gasteiger partial charge < -0.3 is 4.90 Å². The predicted octanol–water partition coefficient (Wildman–Crippen LogP) is 4.38. The number of hydrogen-bond acceptors (Lipinski definition) is 5. The van der Waals surface area contributed by atoms with Crippen molar-refractivity contribution in [1.29, 1.82) is 0 Å². The number of halogens is 1. The zero-order valence-corrected chi connectivity index (χ0v) is 15.6. The van der Waals surface area contributed by atoms with E-state index in [4.69, 9.17) is 11.6 Å². The van der Waals surface area contributed by atoms with Crippen LogP contribution in [-0.4, -0.2) is 29.1 Å². The Bertz CT molecular complexity index is 1190. The first kappa shape index (κ1) is 17.9. The Hall–Kier alpha value is -3.51. The molecule has 0 aliphatic carbocycles. The highest BCUT2D eigenvalue weighted by Crippen LogP contribution is 2.27. The lowest BCUT2D eigenvalue weighted by molar-refractivity contribution is 0.0993. The second kappa shape index (κ2) is 7.25. The van der Waals surface area contributed by atoms with Crippen LogP contribution >= 0.6 is 11.6 Å². The van der Waals surface area contributed by atoms with Crippen LogP contribution < -0.4 is 4.90 Å². The fraction of sp³-hybridized carbons (Fsp3) is 0.0476. The lowest BCUT2D eigenvalue weighted by Crippen LogP contribution is -2.28. The fourth-order valence-electron chi connectivity index (χ4n) is 2.95. The van der Waals surface area contributed by atoms with Crippen LogP contribution in [0.3, 0.4) is 0 Å². The number of nitrogens with zero attached hydrogens (tertiary/aromatic N) is 3. The number of hydrogen-bond donors (Lipinski definition) is 0. The summed E-state index contributed by atoms with van der Waals surface area (Å²) in [5.74, 6) is -0.511. The van der Waals surface area contributed by atoms with E-state index in [9.17, 15) is 9.59 Å². The minimum atomic E-state index is -0.297. The second-order valence-corrected chi connectivity index (χ2v) is 6.62. The third-order valence-corrected chi connectivity index (χ3v) is 4.64. The van der Waals surface area contributed by atoms with E-state index >= 15 is 0 Å². The molecule has 1 heterocycles. The SMILES string of the molecule is CN(C(=O)c1ccc2nonc2c1)c1ccc(Cl)cc1C(=O)c1ccccc1. The lowest BCUT2D eigenvalue weighted by atomic mass is 10.0. The Morgan fingerprint density at radius 3 is 2.43 bits per heavy atom. The number of ketones is 1. The van der Waals surface area contributed by atoms with Crippen molar-refractivity contribution in [3.63, 3.8) is 0 Å². The molecular weight excluding hydrogens is 378 g/mol. The number of carbonyl (C=O) groups excluding carboxylic acids is 2. The fourth-order valence-corrected chi connectivity index (χ4v) is 3.12. The van der Waals surface area contributed by atoms with E-state index in [2.05, 4.69) is 14.9 Å². The number of rotatable bonds is 4. The summed E-state index contributed by atoms with van der Waals surface area (Å²) in [6.45, 7) is 0. The average Bonchev–Trinajstić information content (AvgIpc) is 3.20. The van der Waals surface area contributed by atoms with E-state index in [0.29, 0.717) is 38.4 Å². The van der Waals surface area contributed by atoms with Crippen LogP contribution in [0.25, 0.3) is 11.0 Å². The Kier molecular flexibility index (Phi) is 4.63. The van der Waals surface area contributed by atoms with Crippen molar-refractivity contribution in [2.75, 3.05) is 11.9 Å². The molecule has 0 radical (unpaired) electrons. The zero-order valence-electron chi connectivity index (χ0n) is 14.8. The first-order valence-corrected chi connectivity index (χ1v) is 8.82. The molecule has 0 aliphatic heterocycles. The van der Waals surface area contributed by atoms with Crippen molar-refractivity contribution >= 4 is 40.0 Å². The van der Waals surface area contributed by atoms with Gasteiger partial charge in [0.05, 0.1) is 5.69 Å². The summed E-state index contributed by atoms with van der Waals surface area (Å²) in [6, 6.07) is 18.6. The summed E-state index contributed by atoms with van der Waals surface area (Å²) < 4.78 is 4.67.